The molecule has 0 aliphatic heterocycles. The van der Waals surface area contributed by atoms with Gasteiger partial charge in [-0.2, -0.15) is 0 Å². The second-order valence-electron chi connectivity index (χ2n) is 5.54. The normalized spacial score (nSPS) is 10.2. The quantitative estimate of drug-likeness (QED) is 0.414. The lowest BCUT2D eigenvalue weighted by Gasteiger charge is -2.10. The van der Waals surface area contributed by atoms with Crippen LogP contribution in [0, 0.1) is 10.1 Å². The highest BCUT2D eigenvalue weighted by Gasteiger charge is 2.23. The van der Waals surface area contributed by atoms with Crippen LogP contribution in [0.15, 0.2) is 54.9 Å². The van der Waals surface area contributed by atoms with Crippen molar-refractivity contribution in [1.82, 2.24) is 9.97 Å². The molecule has 3 rings (SSSR count). The van der Waals surface area contributed by atoms with E-state index in [4.69, 9.17) is 9.84 Å². The van der Waals surface area contributed by atoms with Gasteiger partial charge in [0.1, 0.15) is 12.1 Å². The molecule has 0 bridgehead atoms. The number of hydrogen-bond donors (Lipinski definition) is 3. The molecule has 0 unspecified atom stereocenters. The van der Waals surface area contributed by atoms with E-state index < -0.39 is 10.9 Å². The standard InChI is InChI=1S/C18H15N5O5/c1-28-14-8-6-13(7-9-14)22-17-15(23(26)27)16(19-10-20-17)21-12-4-2-11(3-5-12)18(24)25/h2-10H,1H3,(H,24,25)(H2,19,20,21,22). The van der Waals surface area contributed by atoms with Crippen LogP contribution in [0.1, 0.15) is 10.4 Å². The van der Waals surface area contributed by atoms with Crippen molar-refractivity contribution in [1.29, 1.82) is 0 Å². The molecule has 3 N–H and O–H groups in total. The molecule has 0 fully saturated rings. The molecule has 1 aromatic heterocycles. The first-order valence-electron chi connectivity index (χ1n) is 7.99. The third-order valence-electron chi connectivity index (χ3n) is 3.75. The summed E-state index contributed by atoms with van der Waals surface area (Å²) >= 11 is 0. The van der Waals surface area contributed by atoms with E-state index in [0.29, 0.717) is 17.1 Å². The number of hydrogen-bond acceptors (Lipinski definition) is 8. The predicted molar refractivity (Wildman–Crippen MR) is 102 cm³/mol. The van der Waals surface area contributed by atoms with Crippen molar-refractivity contribution in [2.75, 3.05) is 17.7 Å². The summed E-state index contributed by atoms with van der Waals surface area (Å²) in [5.74, 6) is -0.436. The fourth-order valence-corrected chi connectivity index (χ4v) is 2.38. The van der Waals surface area contributed by atoms with Gasteiger partial charge in [-0.15, -0.1) is 0 Å². The molecule has 10 nitrogen and oxygen atoms in total. The van der Waals surface area contributed by atoms with Crippen molar-refractivity contribution < 1.29 is 19.6 Å². The van der Waals surface area contributed by atoms with E-state index in [1.807, 2.05) is 0 Å². The van der Waals surface area contributed by atoms with E-state index in [9.17, 15) is 14.9 Å². The van der Waals surface area contributed by atoms with Crippen molar-refractivity contribution in [3.05, 3.63) is 70.5 Å². The Morgan fingerprint density at radius 2 is 1.50 bits per heavy atom. The fraction of sp³-hybridized carbons (Fsp3) is 0.0556. The summed E-state index contributed by atoms with van der Waals surface area (Å²) in [5, 5.41) is 26.3. The SMILES string of the molecule is COc1ccc(Nc2ncnc(Nc3ccc(C(=O)O)cc3)c2[N+](=O)[O-])cc1. The lowest BCUT2D eigenvalue weighted by molar-refractivity contribution is -0.383. The summed E-state index contributed by atoms with van der Waals surface area (Å²) in [6.07, 6.45) is 1.19. The van der Waals surface area contributed by atoms with Crippen LogP contribution in [0.25, 0.3) is 0 Å². The first-order valence-corrected chi connectivity index (χ1v) is 7.99. The van der Waals surface area contributed by atoms with Crippen LogP contribution in [0.4, 0.5) is 28.7 Å². The number of aromatic nitrogens is 2. The molecule has 0 spiro atoms. The lowest BCUT2D eigenvalue weighted by Crippen LogP contribution is -2.05. The summed E-state index contributed by atoms with van der Waals surface area (Å²) in [4.78, 5) is 29.9. The number of carboxylic acid groups (broad SMARTS) is 1. The van der Waals surface area contributed by atoms with E-state index >= 15 is 0 Å². The van der Waals surface area contributed by atoms with E-state index in [2.05, 4.69) is 20.6 Å². The Hall–Kier alpha value is -4.21. The second-order valence-corrected chi connectivity index (χ2v) is 5.54. The van der Waals surface area contributed by atoms with Gasteiger partial charge in [-0.05, 0) is 48.5 Å². The van der Waals surface area contributed by atoms with E-state index in [1.54, 1.807) is 31.4 Å². The summed E-state index contributed by atoms with van der Waals surface area (Å²) in [7, 11) is 1.54. The van der Waals surface area contributed by atoms with Gasteiger partial charge in [-0.3, -0.25) is 10.1 Å². The average molecular weight is 381 g/mol. The minimum Gasteiger partial charge on any atom is -0.497 e. The summed E-state index contributed by atoms with van der Waals surface area (Å²) < 4.78 is 5.08. The molecular formula is C18H15N5O5. The smallest absolute Gasteiger partial charge is 0.353 e. The molecule has 0 aliphatic rings. The Balaban J connectivity index is 1.90. The first kappa shape index (κ1) is 18.6. The van der Waals surface area contributed by atoms with Crippen LogP contribution < -0.4 is 15.4 Å². The Morgan fingerprint density at radius 3 is 1.93 bits per heavy atom. The number of methoxy groups -OCH3 is 1. The summed E-state index contributed by atoms with van der Waals surface area (Å²) in [6.45, 7) is 0. The summed E-state index contributed by atoms with van der Waals surface area (Å²) in [6, 6.07) is 12.6. The molecule has 0 saturated carbocycles. The average Bonchev–Trinajstić information content (AvgIpc) is 2.69. The highest BCUT2D eigenvalue weighted by Crippen LogP contribution is 2.33. The lowest BCUT2D eigenvalue weighted by atomic mass is 10.2. The highest BCUT2D eigenvalue weighted by molar-refractivity contribution is 5.88. The van der Waals surface area contributed by atoms with Gasteiger partial charge in [0.05, 0.1) is 17.6 Å². The molecule has 0 radical (unpaired) electrons. The number of nitrogens with one attached hydrogen (secondary N) is 2. The highest BCUT2D eigenvalue weighted by atomic mass is 16.6. The predicted octanol–water partition coefficient (Wildman–Crippen LogP) is 3.58. The van der Waals surface area contributed by atoms with Gasteiger partial charge in [-0.25, -0.2) is 14.8 Å². The Kier molecular flexibility index (Phi) is 5.30. The third-order valence-corrected chi connectivity index (χ3v) is 3.75. The maximum absolute atomic E-state index is 11.6. The molecule has 142 valence electrons. The van der Waals surface area contributed by atoms with Crippen LogP contribution in [-0.4, -0.2) is 33.1 Å². The van der Waals surface area contributed by atoms with E-state index in [0.717, 1.165) is 0 Å². The number of carboxylic acids is 1. The Labute approximate surface area is 159 Å². The Bertz CT molecular complexity index is 1010. The molecule has 0 aliphatic carbocycles. The van der Waals surface area contributed by atoms with Gasteiger partial charge < -0.3 is 20.5 Å². The number of aromatic carboxylic acids is 1. The van der Waals surface area contributed by atoms with E-state index in [-0.39, 0.29) is 22.9 Å². The van der Waals surface area contributed by atoms with Crippen LogP contribution in [0.5, 0.6) is 5.75 Å². The van der Waals surface area contributed by atoms with E-state index in [1.165, 1.54) is 30.6 Å². The topological polar surface area (TPSA) is 140 Å². The molecule has 3 aromatic rings. The van der Waals surface area contributed by atoms with Crippen LogP contribution in [0.3, 0.4) is 0 Å². The molecule has 1 heterocycles. The zero-order valence-corrected chi connectivity index (χ0v) is 14.6. The van der Waals surface area contributed by atoms with Gasteiger partial charge in [0.2, 0.25) is 11.6 Å². The largest absolute Gasteiger partial charge is 0.497 e. The zero-order valence-electron chi connectivity index (χ0n) is 14.6. The second kappa shape index (κ2) is 7.99. The first-order chi connectivity index (χ1) is 13.5. The number of carbonyl (C=O) groups is 1. The van der Waals surface area contributed by atoms with Gasteiger partial charge >= 0.3 is 11.7 Å². The molecule has 28 heavy (non-hydrogen) atoms. The van der Waals surface area contributed by atoms with Crippen LogP contribution in [-0.2, 0) is 0 Å². The van der Waals surface area contributed by atoms with Crippen LogP contribution >= 0.6 is 0 Å². The van der Waals surface area contributed by atoms with Gasteiger partial charge in [0, 0.05) is 11.4 Å². The zero-order chi connectivity index (χ0) is 20.1. The number of benzene rings is 2. The number of rotatable bonds is 7. The monoisotopic (exact) mass is 381 g/mol. The fourth-order valence-electron chi connectivity index (χ4n) is 2.38. The Morgan fingerprint density at radius 1 is 1.00 bits per heavy atom. The van der Waals surface area contributed by atoms with Crippen molar-refractivity contribution in [2.24, 2.45) is 0 Å². The maximum atomic E-state index is 11.6. The maximum Gasteiger partial charge on any atom is 0.353 e. The molecule has 0 saturated heterocycles. The molecule has 0 amide bonds. The van der Waals surface area contributed by atoms with Gasteiger partial charge in [-0.1, -0.05) is 0 Å². The molecular weight excluding hydrogens is 366 g/mol. The van der Waals surface area contributed by atoms with Crippen molar-refractivity contribution in [2.45, 2.75) is 0 Å². The summed E-state index contributed by atoms with van der Waals surface area (Å²) in [5.41, 5.74) is 0.784. The number of nitrogens with zero attached hydrogens (tertiary/aromatic N) is 3. The van der Waals surface area contributed by atoms with Crippen LogP contribution in [0.2, 0.25) is 0 Å². The molecule has 2 aromatic carbocycles. The number of ether oxygens (including phenoxy) is 1. The van der Waals surface area contributed by atoms with Crippen molar-refractivity contribution in [3.63, 3.8) is 0 Å². The minimum atomic E-state index is -1.06. The van der Waals surface area contributed by atoms with Crippen molar-refractivity contribution >= 4 is 34.7 Å². The third kappa shape index (κ3) is 4.12. The van der Waals surface area contributed by atoms with Crippen molar-refractivity contribution in [3.8, 4) is 5.75 Å². The van der Waals surface area contributed by atoms with Gasteiger partial charge in [0.25, 0.3) is 0 Å². The minimum absolute atomic E-state index is 0.00910. The van der Waals surface area contributed by atoms with Gasteiger partial charge in [0.15, 0.2) is 0 Å². The molecule has 10 heteroatoms. The molecule has 0 atom stereocenters. The number of nitro groups is 1. The number of anilines is 4.